The Kier molecular flexibility index (Phi) is 12.5. The molecule has 31 heavy (non-hydrogen) atoms. The summed E-state index contributed by atoms with van der Waals surface area (Å²) in [6, 6.07) is 16.6. The van der Waals surface area contributed by atoms with Crippen molar-refractivity contribution in [1.29, 1.82) is 0 Å². The second kappa shape index (κ2) is 15.9. The van der Waals surface area contributed by atoms with Gasteiger partial charge in [0.15, 0.2) is 0 Å². The molecule has 2 aromatic rings. The van der Waals surface area contributed by atoms with Crippen LogP contribution in [0.3, 0.4) is 0 Å². The average Bonchev–Trinajstić information content (AvgIpc) is 2.80. The summed E-state index contributed by atoms with van der Waals surface area (Å²) in [6.07, 6.45) is 14.9. The number of benzene rings is 2. The molecule has 0 atom stereocenters. The van der Waals surface area contributed by atoms with Crippen LogP contribution in [-0.4, -0.2) is 6.61 Å². The lowest BCUT2D eigenvalue weighted by molar-refractivity contribution is 0.305. The van der Waals surface area contributed by atoms with Crippen LogP contribution in [0, 0.1) is 23.7 Å². The maximum absolute atomic E-state index is 5.76. The molecule has 0 radical (unpaired) electrons. The number of aryl methyl sites for hydroxylation is 1. The standard InChI is InChI=1S/C30H36O/c1-3-5-7-11-15-27-18-20-28(21-19-27)16-12-9-10-13-17-29-22-24-30(25-23-29)31-26-14-8-6-4-2/h9-10,18-25H,3-8,11,14-15,26H2,1-2H3. The zero-order chi connectivity index (χ0) is 22.0. The highest BCUT2D eigenvalue weighted by Gasteiger charge is 1.95. The minimum atomic E-state index is 0.786. The zero-order valence-electron chi connectivity index (χ0n) is 19.3. The van der Waals surface area contributed by atoms with Crippen LogP contribution >= 0.6 is 0 Å². The van der Waals surface area contributed by atoms with Gasteiger partial charge < -0.3 is 4.74 Å². The molecule has 0 aliphatic heterocycles. The van der Waals surface area contributed by atoms with E-state index in [0.29, 0.717) is 0 Å². The molecule has 0 amide bonds. The highest BCUT2D eigenvalue weighted by atomic mass is 16.5. The van der Waals surface area contributed by atoms with Gasteiger partial charge in [0.25, 0.3) is 0 Å². The quantitative estimate of drug-likeness (QED) is 0.271. The van der Waals surface area contributed by atoms with Crippen molar-refractivity contribution in [2.24, 2.45) is 0 Å². The van der Waals surface area contributed by atoms with E-state index in [1.807, 2.05) is 24.3 Å². The van der Waals surface area contributed by atoms with Crippen molar-refractivity contribution in [3.8, 4) is 29.4 Å². The molecule has 2 aromatic carbocycles. The van der Waals surface area contributed by atoms with Crippen molar-refractivity contribution in [3.05, 3.63) is 77.4 Å². The Hall–Kier alpha value is -2.90. The van der Waals surface area contributed by atoms with Gasteiger partial charge in [-0.25, -0.2) is 0 Å². The van der Waals surface area contributed by atoms with Crippen molar-refractivity contribution < 1.29 is 4.74 Å². The Labute approximate surface area is 189 Å². The lowest BCUT2D eigenvalue weighted by Crippen LogP contribution is -1.96. The van der Waals surface area contributed by atoms with Gasteiger partial charge in [0, 0.05) is 11.1 Å². The van der Waals surface area contributed by atoms with Gasteiger partial charge in [0.1, 0.15) is 5.75 Å². The Morgan fingerprint density at radius 1 is 0.645 bits per heavy atom. The second-order valence-corrected chi connectivity index (χ2v) is 7.81. The van der Waals surface area contributed by atoms with Gasteiger partial charge in [0.05, 0.1) is 6.61 Å². The molecule has 0 aliphatic rings. The van der Waals surface area contributed by atoms with Gasteiger partial charge in [0.2, 0.25) is 0 Å². The molecule has 0 bridgehead atoms. The van der Waals surface area contributed by atoms with Crippen LogP contribution < -0.4 is 4.74 Å². The summed E-state index contributed by atoms with van der Waals surface area (Å²) in [5.74, 6) is 13.3. The van der Waals surface area contributed by atoms with Crippen molar-refractivity contribution in [1.82, 2.24) is 0 Å². The molecule has 0 heterocycles. The van der Waals surface area contributed by atoms with Crippen molar-refractivity contribution in [2.45, 2.75) is 71.6 Å². The maximum atomic E-state index is 5.76. The largest absolute Gasteiger partial charge is 0.494 e. The van der Waals surface area contributed by atoms with Crippen LogP contribution in [0.25, 0.3) is 0 Å². The second-order valence-electron chi connectivity index (χ2n) is 7.81. The van der Waals surface area contributed by atoms with E-state index in [1.54, 1.807) is 12.2 Å². The number of unbranched alkanes of at least 4 members (excludes halogenated alkanes) is 6. The number of rotatable bonds is 11. The summed E-state index contributed by atoms with van der Waals surface area (Å²) in [5.41, 5.74) is 3.42. The predicted molar refractivity (Wildman–Crippen MR) is 133 cm³/mol. The van der Waals surface area contributed by atoms with Gasteiger partial charge in [-0.2, -0.15) is 0 Å². The molecule has 0 saturated carbocycles. The molecule has 0 aromatic heterocycles. The van der Waals surface area contributed by atoms with E-state index in [2.05, 4.69) is 61.8 Å². The molecule has 0 aliphatic carbocycles. The van der Waals surface area contributed by atoms with Crippen LogP contribution in [-0.2, 0) is 6.42 Å². The molecule has 162 valence electrons. The Bertz CT molecular complexity index is 880. The first-order valence-corrected chi connectivity index (χ1v) is 11.8. The number of allylic oxidation sites excluding steroid dienone is 2. The Morgan fingerprint density at radius 2 is 1.19 bits per heavy atom. The van der Waals surface area contributed by atoms with E-state index in [0.717, 1.165) is 36.3 Å². The fourth-order valence-electron chi connectivity index (χ4n) is 3.20. The summed E-state index contributed by atoms with van der Waals surface area (Å²) in [7, 11) is 0. The lowest BCUT2D eigenvalue weighted by Gasteiger charge is -2.05. The van der Waals surface area contributed by atoms with E-state index in [4.69, 9.17) is 4.74 Å². The van der Waals surface area contributed by atoms with Crippen LogP contribution in [0.2, 0.25) is 0 Å². The summed E-state index contributed by atoms with van der Waals surface area (Å²) in [5, 5.41) is 0. The number of ether oxygens (including phenoxy) is 1. The molecule has 0 unspecified atom stereocenters. The summed E-state index contributed by atoms with van der Waals surface area (Å²) in [6.45, 7) is 5.25. The third-order valence-electron chi connectivity index (χ3n) is 5.08. The Morgan fingerprint density at radius 3 is 1.77 bits per heavy atom. The number of hydrogen-bond donors (Lipinski definition) is 0. The maximum Gasteiger partial charge on any atom is 0.119 e. The van der Waals surface area contributed by atoms with E-state index < -0.39 is 0 Å². The lowest BCUT2D eigenvalue weighted by atomic mass is 10.0. The van der Waals surface area contributed by atoms with Crippen LogP contribution in [0.4, 0.5) is 0 Å². The van der Waals surface area contributed by atoms with Crippen molar-refractivity contribution in [3.63, 3.8) is 0 Å². The van der Waals surface area contributed by atoms with Crippen LogP contribution in [0.1, 0.15) is 81.9 Å². The Balaban J connectivity index is 1.73. The van der Waals surface area contributed by atoms with Gasteiger partial charge in [-0.05, 0) is 73.4 Å². The van der Waals surface area contributed by atoms with Crippen molar-refractivity contribution >= 4 is 0 Å². The predicted octanol–water partition coefficient (Wildman–Crippen LogP) is 7.73. The topological polar surface area (TPSA) is 9.23 Å². The minimum absolute atomic E-state index is 0.786. The molecule has 0 N–H and O–H groups in total. The average molecular weight is 413 g/mol. The minimum Gasteiger partial charge on any atom is -0.494 e. The summed E-state index contributed by atoms with van der Waals surface area (Å²) < 4.78 is 5.76. The SMILES string of the molecule is CCCCCCOc1ccc(C#CC=CC#Cc2ccc(CCCCCC)cc2)cc1. The first-order chi connectivity index (χ1) is 15.3. The third kappa shape index (κ3) is 11.2. The monoisotopic (exact) mass is 412 g/mol. The highest BCUT2D eigenvalue weighted by molar-refractivity contribution is 5.42. The molecule has 0 fully saturated rings. The van der Waals surface area contributed by atoms with E-state index >= 15 is 0 Å². The molecular formula is C30H36O. The fraction of sp³-hybridized carbons (Fsp3) is 0.400. The molecule has 0 saturated heterocycles. The van der Waals surface area contributed by atoms with E-state index in [1.165, 1.54) is 50.5 Å². The molecule has 0 spiro atoms. The van der Waals surface area contributed by atoms with Crippen molar-refractivity contribution in [2.75, 3.05) is 6.61 Å². The molecule has 1 heteroatoms. The van der Waals surface area contributed by atoms with Crippen LogP contribution in [0.15, 0.2) is 60.7 Å². The summed E-state index contributed by atoms with van der Waals surface area (Å²) in [4.78, 5) is 0. The molecule has 2 rings (SSSR count). The van der Waals surface area contributed by atoms with Gasteiger partial charge in [-0.15, -0.1) is 0 Å². The smallest absolute Gasteiger partial charge is 0.119 e. The van der Waals surface area contributed by atoms with E-state index in [9.17, 15) is 0 Å². The van der Waals surface area contributed by atoms with Gasteiger partial charge in [-0.3, -0.25) is 0 Å². The fourth-order valence-corrected chi connectivity index (χ4v) is 3.20. The first-order valence-electron chi connectivity index (χ1n) is 11.8. The van der Waals surface area contributed by atoms with Gasteiger partial charge >= 0.3 is 0 Å². The molecular weight excluding hydrogens is 376 g/mol. The first kappa shape index (κ1) is 24.4. The van der Waals surface area contributed by atoms with Crippen LogP contribution in [0.5, 0.6) is 5.75 Å². The zero-order valence-corrected chi connectivity index (χ0v) is 19.3. The normalized spacial score (nSPS) is 10.3. The molecule has 1 nitrogen and oxygen atoms in total. The van der Waals surface area contributed by atoms with E-state index in [-0.39, 0.29) is 0 Å². The number of hydrogen-bond acceptors (Lipinski definition) is 1. The third-order valence-corrected chi connectivity index (χ3v) is 5.08. The van der Waals surface area contributed by atoms with Gasteiger partial charge in [-0.1, -0.05) is 88.2 Å². The highest BCUT2D eigenvalue weighted by Crippen LogP contribution is 2.12. The summed E-state index contributed by atoms with van der Waals surface area (Å²) >= 11 is 0.